The Bertz CT molecular complexity index is 320. The molecular formula is C14H26N2O. The molecule has 0 radical (unpaired) electrons. The van der Waals surface area contributed by atoms with Gasteiger partial charge in [0.05, 0.1) is 6.54 Å². The van der Waals surface area contributed by atoms with Gasteiger partial charge in [-0.3, -0.25) is 4.90 Å². The second-order valence-corrected chi connectivity index (χ2v) is 4.55. The molecule has 0 unspecified atom stereocenters. The molecule has 0 atom stereocenters. The Labute approximate surface area is 105 Å². The van der Waals surface area contributed by atoms with Gasteiger partial charge in [0, 0.05) is 12.1 Å². The van der Waals surface area contributed by atoms with Crippen LogP contribution in [0.15, 0.2) is 10.5 Å². The molecule has 3 heteroatoms. The van der Waals surface area contributed by atoms with Crippen LogP contribution in [0.25, 0.3) is 0 Å². The van der Waals surface area contributed by atoms with Crippen molar-refractivity contribution in [1.82, 2.24) is 10.2 Å². The van der Waals surface area contributed by atoms with E-state index in [4.69, 9.17) is 4.42 Å². The van der Waals surface area contributed by atoms with E-state index in [-0.39, 0.29) is 0 Å². The Kier molecular flexibility index (Phi) is 6.30. The van der Waals surface area contributed by atoms with Gasteiger partial charge in [0.1, 0.15) is 11.5 Å². The van der Waals surface area contributed by atoms with Gasteiger partial charge in [0.2, 0.25) is 0 Å². The maximum atomic E-state index is 5.72. The highest BCUT2D eigenvalue weighted by atomic mass is 16.3. The molecule has 0 fully saturated rings. The van der Waals surface area contributed by atoms with E-state index in [1.54, 1.807) is 0 Å². The molecule has 3 nitrogen and oxygen atoms in total. The Morgan fingerprint density at radius 3 is 2.71 bits per heavy atom. The fourth-order valence-corrected chi connectivity index (χ4v) is 1.98. The van der Waals surface area contributed by atoms with E-state index in [1.807, 2.05) is 7.05 Å². The largest absolute Gasteiger partial charge is 0.465 e. The molecule has 0 bridgehead atoms. The molecule has 0 saturated heterocycles. The first-order valence-corrected chi connectivity index (χ1v) is 6.66. The molecule has 0 aromatic carbocycles. The second kappa shape index (κ2) is 7.51. The third-order valence-electron chi connectivity index (χ3n) is 3.09. The van der Waals surface area contributed by atoms with E-state index in [2.05, 4.69) is 37.1 Å². The summed E-state index contributed by atoms with van der Waals surface area (Å²) in [6.45, 7) is 10.6. The lowest BCUT2D eigenvalue weighted by molar-refractivity contribution is 0.273. The summed E-state index contributed by atoms with van der Waals surface area (Å²) in [7, 11) is 1.94. The lowest BCUT2D eigenvalue weighted by Crippen LogP contribution is -2.24. The van der Waals surface area contributed by atoms with Gasteiger partial charge in [-0.15, -0.1) is 0 Å². The number of hydrogen-bond acceptors (Lipinski definition) is 3. The second-order valence-electron chi connectivity index (χ2n) is 4.55. The van der Waals surface area contributed by atoms with Gasteiger partial charge in [-0.2, -0.15) is 0 Å². The Hall–Kier alpha value is -0.800. The maximum absolute atomic E-state index is 5.72. The minimum absolute atomic E-state index is 0.807. The number of unbranched alkanes of at least 4 members (excludes halogenated alkanes) is 1. The van der Waals surface area contributed by atoms with Crippen molar-refractivity contribution in [3.63, 3.8) is 0 Å². The number of nitrogens with zero attached hydrogens (tertiary/aromatic N) is 1. The third-order valence-corrected chi connectivity index (χ3v) is 3.09. The monoisotopic (exact) mass is 238 g/mol. The quantitative estimate of drug-likeness (QED) is 0.755. The summed E-state index contributed by atoms with van der Waals surface area (Å²) < 4.78 is 5.72. The van der Waals surface area contributed by atoms with Crippen molar-refractivity contribution in [1.29, 1.82) is 0 Å². The van der Waals surface area contributed by atoms with Crippen molar-refractivity contribution in [2.24, 2.45) is 0 Å². The van der Waals surface area contributed by atoms with Gasteiger partial charge >= 0.3 is 0 Å². The molecular weight excluding hydrogens is 212 g/mol. The number of nitrogens with one attached hydrogen (secondary N) is 1. The van der Waals surface area contributed by atoms with Crippen molar-refractivity contribution in [2.45, 2.75) is 46.7 Å². The molecule has 0 spiro atoms. The zero-order chi connectivity index (χ0) is 12.7. The van der Waals surface area contributed by atoms with E-state index >= 15 is 0 Å². The first-order valence-electron chi connectivity index (χ1n) is 6.66. The average Bonchev–Trinajstić information content (AvgIpc) is 2.65. The summed E-state index contributed by atoms with van der Waals surface area (Å²) in [5.74, 6) is 2.09. The van der Waals surface area contributed by atoms with Gasteiger partial charge in [-0.1, -0.05) is 20.3 Å². The number of rotatable bonds is 8. The smallest absolute Gasteiger partial charge is 0.118 e. The Morgan fingerprint density at radius 1 is 1.35 bits per heavy atom. The van der Waals surface area contributed by atoms with Crippen molar-refractivity contribution in [3.8, 4) is 0 Å². The van der Waals surface area contributed by atoms with E-state index in [0.717, 1.165) is 31.2 Å². The predicted octanol–water partition coefficient (Wildman–Crippen LogP) is 2.93. The van der Waals surface area contributed by atoms with E-state index in [9.17, 15) is 0 Å². The van der Waals surface area contributed by atoms with Crippen LogP contribution < -0.4 is 5.32 Å². The van der Waals surface area contributed by atoms with Crippen LogP contribution in [0.2, 0.25) is 0 Å². The van der Waals surface area contributed by atoms with Crippen LogP contribution in [0, 0.1) is 6.92 Å². The lowest BCUT2D eigenvalue weighted by atomic mass is 10.2. The maximum Gasteiger partial charge on any atom is 0.118 e. The molecule has 0 aliphatic heterocycles. The van der Waals surface area contributed by atoms with Crippen molar-refractivity contribution in [2.75, 3.05) is 20.1 Å². The van der Waals surface area contributed by atoms with E-state index in [1.165, 1.54) is 24.9 Å². The van der Waals surface area contributed by atoms with Crippen molar-refractivity contribution in [3.05, 3.63) is 23.2 Å². The number of aryl methyl sites for hydroxylation is 1. The Morgan fingerprint density at radius 2 is 2.12 bits per heavy atom. The predicted molar refractivity (Wildman–Crippen MR) is 72.1 cm³/mol. The van der Waals surface area contributed by atoms with Crippen molar-refractivity contribution < 1.29 is 4.42 Å². The van der Waals surface area contributed by atoms with Crippen LogP contribution in [0.3, 0.4) is 0 Å². The van der Waals surface area contributed by atoms with Gasteiger partial charge < -0.3 is 9.73 Å². The van der Waals surface area contributed by atoms with Crippen molar-refractivity contribution >= 4 is 0 Å². The zero-order valence-electron chi connectivity index (χ0n) is 11.7. The molecule has 1 aromatic rings. The van der Waals surface area contributed by atoms with Gasteiger partial charge in [0.25, 0.3) is 0 Å². The summed E-state index contributed by atoms with van der Waals surface area (Å²) in [5, 5.41) is 3.12. The van der Waals surface area contributed by atoms with Crippen LogP contribution >= 0.6 is 0 Å². The molecule has 0 aliphatic carbocycles. The summed E-state index contributed by atoms with van der Waals surface area (Å²) in [6.07, 6.45) is 2.53. The standard InChI is InChI=1S/C14H26N2O/c1-5-7-8-16(6-2)11-13-9-14(10-15-4)17-12(13)3/h9,15H,5-8,10-11H2,1-4H3. The lowest BCUT2D eigenvalue weighted by Gasteiger charge is -2.19. The van der Waals surface area contributed by atoms with Gasteiger partial charge in [-0.05, 0) is 39.5 Å². The fourth-order valence-electron chi connectivity index (χ4n) is 1.98. The minimum Gasteiger partial charge on any atom is -0.465 e. The van der Waals surface area contributed by atoms with E-state index < -0.39 is 0 Å². The van der Waals surface area contributed by atoms with Crippen LogP contribution in [0.4, 0.5) is 0 Å². The van der Waals surface area contributed by atoms with Gasteiger partial charge in [0.15, 0.2) is 0 Å². The fraction of sp³-hybridized carbons (Fsp3) is 0.714. The van der Waals surface area contributed by atoms with Crippen LogP contribution in [-0.4, -0.2) is 25.0 Å². The summed E-state index contributed by atoms with van der Waals surface area (Å²) >= 11 is 0. The topological polar surface area (TPSA) is 28.4 Å². The molecule has 1 heterocycles. The number of furan rings is 1. The highest BCUT2D eigenvalue weighted by molar-refractivity contribution is 5.20. The van der Waals surface area contributed by atoms with Crippen LogP contribution in [0.1, 0.15) is 43.8 Å². The number of hydrogen-bond donors (Lipinski definition) is 1. The molecule has 0 amide bonds. The summed E-state index contributed by atoms with van der Waals surface area (Å²) in [5.41, 5.74) is 1.33. The normalized spacial score (nSPS) is 11.4. The highest BCUT2D eigenvalue weighted by Gasteiger charge is 2.10. The van der Waals surface area contributed by atoms with Crippen LogP contribution in [-0.2, 0) is 13.1 Å². The van der Waals surface area contributed by atoms with Crippen LogP contribution in [0.5, 0.6) is 0 Å². The minimum atomic E-state index is 0.807. The first-order chi connectivity index (χ1) is 8.21. The third kappa shape index (κ3) is 4.52. The summed E-state index contributed by atoms with van der Waals surface area (Å²) in [6, 6.07) is 2.18. The van der Waals surface area contributed by atoms with E-state index in [0.29, 0.717) is 0 Å². The molecule has 0 saturated carbocycles. The molecule has 98 valence electrons. The summed E-state index contributed by atoms with van der Waals surface area (Å²) in [4.78, 5) is 2.48. The molecule has 0 aliphatic rings. The zero-order valence-corrected chi connectivity index (χ0v) is 11.7. The Balaban J connectivity index is 2.58. The SMILES string of the molecule is CCCCN(CC)Cc1cc(CNC)oc1C. The molecule has 1 aromatic heterocycles. The van der Waals surface area contributed by atoms with Gasteiger partial charge in [-0.25, -0.2) is 0 Å². The first kappa shape index (κ1) is 14.3. The molecule has 1 N–H and O–H groups in total. The molecule has 17 heavy (non-hydrogen) atoms. The average molecular weight is 238 g/mol. The molecule has 1 rings (SSSR count). The highest BCUT2D eigenvalue weighted by Crippen LogP contribution is 2.17.